The number of carbonyl (C=O) groups is 2. The fourth-order valence-electron chi connectivity index (χ4n) is 2.55. The molecule has 9 nitrogen and oxygen atoms in total. The van der Waals surface area contributed by atoms with Gasteiger partial charge < -0.3 is 25.7 Å². The third-order valence-corrected chi connectivity index (χ3v) is 3.53. The number of nitrogens with zero attached hydrogens (tertiary/aromatic N) is 1. The van der Waals surface area contributed by atoms with Gasteiger partial charge in [-0.05, 0) is 27.8 Å². The Morgan fingerprint density at radius 1 is 1.26 bits per heavy atom. The van der Waals surface area contributed by atoms with E-state index in [1.807, 2.05) is 20.8 Å². The monoisotopic (exact) mass is 384 g/mol. The van der Waals surface area contributed by atoms with Gasteiger partial charge in [0.05, 0.1) is 19.8 Å². The van der Waals surface area contributed by atoms with Crippen molar-refractivity contribution in [2.75, 3.05) is 27.3 Å². The Labute approximate surface area is 160 Å². The van der Waals surface area contributed by atoms with Gasteiger partial charge in [-0.1, -0.05) is 17.7 Å². The van der Waals surface area contributed by atoms with Crippen molar-refractivity contribution in [1.29, 1.82) is 0 Å². The minimum absolute atomic E-state index is 0.00683. The normalized spacial score (nSPS) is 23.3. The standard InChI is InChI=1S/C15H26N4O5.C3H6/c1-8(2)7-9-10(14(21)23-6-5-19-15(16)17)11(13(20)22-4)12(18-3)24-9;1-3-2/h7,9-12,18H,5-6H2,1-4H3,(H4,16,17,19);3H,1H2,2H3/t9-,10-,11-,12-;/m1./s1. The number of nitrogens with two attached hydrogens (primary N) is 2. The lowest BCUT2D eigenvalue weighted by molar-refractivity contribution is -0.158. The van der Waals surface area contributed by atoms with E-state index in [1.54, 1.807) is 19.2 Å². The highest BCUT2D eigenvalue weighted by atomic mass is 16.6. The van der Waals surface area contributed by atoms with Crippen molar-refractivity contribution in [3.05, 3.63) is 24.3 Å². The smallest absolute Gasteiger partial charge is 0.313 e. The van der Waals surface area contributed by atoms with Gasteiger partial charge in [-0.25, -0.2) is 0 Å². The van der Waals surface area contributed by atoms with Crippen molar-refractivity contribution >= 4 is 17.9 Å². The number of rotatable bonds is 7. The van der Waals surface area contributed by atoms with Gasteiger partial charge >= 0.3 is 11.9 Å². The number of allylic oxidation sites excluding steroid dienone is 2. The number of esters is 2. The van der Waals surface area contributed by atoms with Gasteiger partial charge in [-0.3, -0.25) is 19.9 Å². The van der Waals surface area contributed by atoms with E-state index in [0.29, 0.717) is 0 Å². The van der Waals surface area contributed by atoms with Gasteiger partial charge in [0, 0.05) is 0 Å². The van der Waals surface area contributed by atoms with E-state index in [4.69, 9.17) is 25.7 Å². The Morgan fingerprint density at radius 2 is 1.85 bits per heavy atom. The third-order valence-electron chi connectivity index (χ3n) is 3.53. The molecule has 1 fully saturated rings. The fraction of sp³-hybridized carbons (Fsp3) is 0.611. The quantitative estimate of drug-likeness (QED) is 0.187. The second kappa shape index (κ2) is 12.9. The first-order valence-electron chi connectivity index (χ1n) is 8.58. The number of guanidine groups is 1. The SMILES string of the molecule is C=CC.CN[C@@H]1O[C@H](C=C(C)C)[C@@H](C(=O)OCCN=C(N)N)[C@H]1C(=O)OC. The van der Waals surface area contributed by atoms with Gasteiger partial charge in [0.2, 0.25) is 0 Å². The Kier molecular flexibility index (Phi) is 11.7. The van der Waals surface area contributed by atoms with Crippen molar-refractivity contribution in [3.63, 3.8) is 0 Å². The molecule has 0 bridgehead atoms. The van der Waals surface area contributed by atoms with Crippen LogP contribution in [0.2, 0.25) is 0 Å². The van der Waals surface area contributed by atoms with Crippen LogP contribution in [0.15, 0.2) is 29.3 Å². The predicted molar refractivity (Wildman–Crippen MR) is 104 cm³/mol. The molecule has 1 aliphatic heterocycles. The lowest BCUT2D eigenvalue weighted by atomic mass is 9.88. The molecule has 9 heteroatoms. The topological polar surface area (TPSA) is 138 Å². The molecule has 154 valence electrons. The Hall–Kier alpha value is -2.39. The first kappa shape index (κ1) is 24.6. The number of hydrogen-bond acceptors (Lipinski definition) is 7. The molecule has 0 aromatic heterocycles. The average molecular weight is 384 g/mol. The molecule has 1 heterocycles. The van der Waals surface area contributed by atoms with Crippen molar-refractivity contribution in [2.45, 2.75) is 33.1 Å². The van der Waals surface area contributed by atoms with Crippen LogP contribution in [0.3, 0.4) is 0 Å². The zero-order valence-corrected chi connectivity index (χ0v) is 16.7. The molecule has 4 atom stereocenters. The summed E-state index contributed by atoms with van der Waals surface area (Å²) in [5.41, 5.74) is 11.4. The lowest BCUT2D eigenvalue weighted by Gasteiger charge is -2.19. The van der Waals surface area contributed by atoms with Crippen LogP contribution < -0.4 is 16.8 Å². The van der Waals surface area contributed by atoms with E-state index in [0.717, 1.165) is 5.57 Å². The fourth-order valence-corrected chi connectivity index (χ4v) is 2.55. The second-order valence-electron chi connectivity index (χ2n) is 6.01. The maximum Gasteiger partial charge on any atom is 0.313 e. The maximum absolute atomic E-state index is 12.5. The number of aliphatic imine (C=N–C) groups is 1. The molecule has 0 saturated carbocycles. The number of nitrogens with one attached hydrogen (secondary N) is 1. The summed E-state index contributed by atoms with van der Waals surface area (Å²) in [6.07, 6.45) is 2.30. The molecule has 0 unspecified atom stereocenters. The van der Waals surface area contributed by atoms with E-state index in [1.165, 1.54) is 7.11 Å². The molecule has 0 aromatic rings. The first-order valence-corrected chi connectivity index (χ1v) is 8.58. The Morgan fingerprint density at radius 3 is 2.30 bits per heavy atom. The number of ether oxygens (including phenoxy) is 3. The first-order chi connectivity index (χ1) is 12.7. The summed E-state index contributed by atoms with van der Waals surface area (Å²) in [4.78, 5) is 28.4. The molecule has 0 spiro atoms. The molecule has 0 aliphatic carbocycles. The zero-order chi connectivity index (χ0) is 21.0. The van der Waals surface area contributed by atoms with E-state index in [-0.39, 0.29) is 19.1 Å². The highest BCUT2D eigenvalue weighted by molar-refractivity contribution is 5.84. The summed E-state index contributed by atoms with van der Waals surface area (Å²) in [7, 11) is 2.91. The van der Waals surface area contributed by atoms with E-state index in [2.05, 4.69) is 16.9 Å². The summed E-state index contributed by atoms with van der Waals surface area (Å²) >= 11 is 0. The number of methoxy groups -OCH3 is 1. The van der Waals surface area contributed by atoms with Gasteiger partial charge in [-0.2, -0.15) is 0 Å². The highest BCUT2D eigenvalue weighted by Crippen LogP contribution is 2.34. The van der Waals surface area contributed by atoms with E-state index >= 15 is 0 Å². The van der Waals surface area contributed by atoms with Crippen LogP contribution in [0.5, 0.6) is 0 Å². The molecular weight excluding hydrogens is 352 g/mol. The van der Waals surface area contributed by atoms with Gasteiger partial charge in [0.1, 0.15) is 24.7 Å². The van der Waals surface area contributed by atoms with Crippen LogP contribution in [0, 0.1) is 11.8 Å². The average Bonchev–Trinajstić information content (AvgIpc) is 2.96. The van der Waals surface area contributed by atoms with Crippen LogP contribution in [0.4, 0.5) is 0 Å². The molecule has 0 amide bonds. The minimum Gasteiger partial charge on any atom is -0.469 e. The molecule has 1 rings (SSSR count). The predicted octanol–water partition coefficient (Wildman–Crippen LogP) is 0.311. The summed E-state index contributed by atoms with van der Waals surface area (Å²) in [6, 6.07) is 0. The van der Waals surface area contributed by atoms with Crippen LogP contribution in [0.1, 0.15) is 20.8 Å². The number of hydrogen-bond donors (Lipinski definition) is 3. The molecule has 1 aliphatic rings. The summed E-state index contributed by atoms with van der Waals surface area (Å²) in [5, 5.41) is 2.88. The van der Waals surface area contributed by atoms with Crippen molar-refractivity contribution < 1.29 is 23.8 Å². The molecule has 5 N–H and O–H groups in total. The van der Waals surface area contributed by atoms with Crippen LogP contribution >= 0.6 is 0 Å². The van der Waals surface area contributed by atoms with Gasteiger partial charge in [-0.15, -0.1) is 6.58 Å². The largest absolute Gasteiger partial charge is 0.469 e. The Balaban J connectivity index is 0.00000210. The summed E-state index contributed by atoms with van der Waals surface area (Å²) in [5.74, 6) is -2.80. The van der Waals surface area contributed by atoms with Gasteiger partial charge in [0.15, 0.2) is 5.96 Å². The van der Waals surface area contributed by atoms with Crippen LogP contribution in [-0.2, 0) is 23.8 Å². The lowest BCUT2D eigenvalue weighted by Crippen LogP contribution is -2.41. The van der Waals surface area contributed by atoms with Crippen molar-refractivity contribution in [3.8, 4) is 0 Å². The van der Waals surface area contributed by atoms with Gasteiger partial charge in [0.25, 0.3) is 0 Å². The summed E-state index contributed by atoms with van der Waals surface area (Å²) in [6.45, 7) is 9.16. The van der Waals surface area contributed by atoms with E-state index < -0.39 is 36.1 Å². The van der Waals surface area contributed by atoms with Crippen LogP contribution in [0.25, 0.3) is 0 Å². The minimum atomic E-state index is -0.816. The molecule has 0 aromatic carbocycles. The Bertz CT molecular complexity index is 554. The maximum atomic E-state index is 12.5. The molecule has 1 saturated heterocycles. The van der Waals surface area contributed by atoms with E-state index in [9.17, 15) is 9.59 Å². The highest BCUT2D eigenvalue weighted by Gasteiger charge is 2.52. The second-order valence-corrected chi connectivity index (χ2v) is 6.01. The van der Waals surface area contributed by atoms with Crippen LogP contribution in [-0.4, -0.2) is 57.5 Å². The van der Waals surface area contributed by atoms with Crippen molar-refractivity contribution in [2.24, 2.45) is 28.3 Å². The number of carbonyl (C=O) groups excluding carboxylic acids is 2. The molecule has 27 heavy (non-hydrogen) atoms. The molecular formula is C18H32N4O5. The molecule has 0 radical (unpaired) electrons. The zero-order valence-electron chi connectivity index (χ0n) is 16.7. The third kappa shape index (κ3) is 8.23. The van der Waals surface area contributed by atoms with Crippen molar-refractivity contribution in [1.82, 2.24) is 5.32 Å². The summed E-state index contributed by atoms with van der Waals surface area (Å²) < 4.78 is 15.8.